The Balaban J connectivity index is 3.08. The molecule has 1 atom stereocenters. The van der Waals surface area contributed by atoms with Crippen molar-refractivity contribution in [3.05, 3.63) is 11.9 Å². The van der Waals surface area contributed by atoms with E-state index in [2.05, 4.69) is 41.0 Å². The fourth-order valence-electron chi connectivity index (χ4n) is 0.251. The molecule has 7 heavy (non-hydrogen) atoms. The molecule has 0 aromatic heterocycles. The van der Waals surface area contributed by atoms with Crippen LogP contribution in [0.2, 0.25) is 0 Å². The normalized spacial score (nSPS) is 15.3. The predicted octanol–water partition coefficient (Wildman–Crippen LogP) is 3.33. The average Bonchev–Trinajstić information content (AvgIpc) is 1.61. The lowest BCUT2D eigenvalue weighted by Gasteiger charge is -1.87. The minimum absolute atomic E-state index is 0.0256. The summed E-state index contributed by atoms with van der Waals surface area (Å²) in [5, 5.41) is 0. The Bertz CT molecular complexity index is 59.1. The monoisotopic (exact) mass is 180 g/mol. The van der Waals surface area contributed by atoms with Crippen LogP contribution in [-0.4, -0.2) is 6.66 Å². The van der Waals surface area contributed by atoms with Crippen LogP contribution >= 0.6 is 22.1 Å². The lowest BCUT2D eigenvalue weighted by Crippen LogP contribution is -1.48. The average molecular weight is 181 g/mol. The SMILES string of the molecule is CC/C=C/P(C)Br. The number of rotatable bonds is 2. The summed E-state index contributed by atoms with van der Waals surface area (Å²) in [6.45, 7) is 4.33. The third-order valence-electron chi connectivity index (χ3n) is 0.547. The minimum atomic E-state index is 0.0256. The Morgan fingerprint density at radius 2 is 2.29 bits per heavy atom. The molecule has 0 aromatic carbocycles. The molecule has 0 bridgehead atoms. The molecule has 0 aliphatic heterocycles. The fourth-order valence-corrected chi connectivity index (χ4v) is 1.25. The van der Waals surface area contributed by atoms with Crippen molar-refractivity contribution in [2.75, 3.05) is 6.66 Å². The Morgan fingerprint density at radius 3 is 2.43 bits per heavy atom. The van der Waals surface area contributed by atoms with Gasteiger partial charge in [-0.2, -0.15) is 0 Å². The van der Waals surface area contributed by atoms with E-state index in [-0.39, 0.29) is 6.62 Å². The second kappa shape index (κ2) is 4.80. The van der Waals surface area contributed by atoms with E-state index in [4.69, 9.17) is 0 Å². The van der Waals surface area contributed by atoms with E-state index in [1.807, 2.05) is 0 Å². The summed E-state index contributed by atoms with van der Waals surface area (Å²) in [5.74, 6) is 2.20. The van der Waals surface area contributed by atoms with Gasteiger partial charge in [-0.1, -0.05) is 34.3 Å². The molecule has 2 heteroatoms. The maximum Gasteiger partial charge on any atom is -0.0154 e. The molecule has 0 heterocycles. The van der Waals surface area contributed by atoms with Crippen LogP contribution in [-0.2, 0) is 0 Å². The summed E-state index contributed by atoms with van der Waals surface area (Å²) in [6, 6.07) is 0. The number of hydrogen-bond donors (Lipinski definition) is 0. The Kier molecular flexibility index (Phi) is 5.25. The van der Waals surface area contributed by atoms with E-state index < -0.39 is 0 Å². The van der Waals surface area contributed by atoms with Crippen LogP contribution in [0.4, 0.5) is 0 Å². The third-order valence-corrected chi connectivity index (χ3v) is 1.88. The maximum atomic E-state index is 3.45. The van der Waals surface area contributed by atoms with Gasteiger partial charge >= 0.3 is 0 Å². The van der Waals surface area contributed by atoms with E-state index in [1.165, 1.54) is 0 Å². The zero-order valence-corrected chi connectivity index (χ0v) is 7.17. The molecule has 0 amide bonds. The first-order valence-corrected chi connectivity index (χ1v) is 6.20. The van der Waals surface area contributed by atoms with E-state index in [0.29, 0.717) is 0 Å². The van der Waals surface area contributed by atoms with Crippen LogP contribution in [0.15, 0.2) is 11.9 Å². The first-order valence-electron chi connectivity index (χ1n) is 2.32. The van der Waals surface area contributed by atoms with Gasteiger partial charge in [0, 0.05) is 0 Å². The lowest BCUT2D eigenvalue weighted by atomic mass is 10.5. The van der Waals surface area contributed by atoms with Crippen LogP contribution in [0.3, 0.4) is 0 Å². The molecular weight excluding hydrogens is 171 g/mol. The molecule has 0 saturated carbocycles. The van der Waals surface area contributed by atoms with Crippen molar-refractivity contribution in [2.24, 2.45) is 0 Å². The van der Waals surface area contributed by atoms with Gasteiger partial charge in [-0.05, 0) is 19.7 Å². The molecule has 0 spiro atoms. The first kappa shape index (κ1) is 7.65. The van der Waals surface area contributed by atoms with Gasteiger partial charge in [0.05, 0.1) is 0 Å². The minimum Gasteiger partial charge on any atom is -0.0835 e. The van der Waals surface area contributed by atoms with Crippen LogP contribution in [0.1, 0.15) is 13.3 Å². The summed E-state index contributed by atoms with van der Waals surface area (Å²) in [7, 11) is 0. The van der Waals surface area contributed by atoms with Crippen LogP contribution < -0.4 is 0 Å². The number of hydrogen-bond acceptors (Lipinski definition) is 0. The molecule has 0 saturated heterocycles. The highest BCUT2D eigenvalue weighted by atomic mass is 79.9. The van der Waals surface area contributed by atoms with Crippen molar-refractivity contribution >= 4 is 22.1 Å². The zero-order valence-electron chi connectivity index (χ0n) is 4.69. The van der Waals surface area contributed by atoms with Crippen LogP contribution in [0, 0.1) is 0 Å². The zero-order chi connectivity index (χ0) is 5.70. The summed E-state index contributed by atoms with van der Waals surface area (Å²) < 4.78 is 0. The van der Waals surface area contributed by atoms with Crippen molar-refractivity contribution in [3.63, 3.8) is 0 Å². The van der Waals surface area contributed by atoms with E-state index >= 15 is 0 Å². The standard InChI is InChI=1S/C5H10BrP/c1-3-4-5-7(2)6/h4-5H,3H2,1-2H3/b5-4+. The Labute approximate surface area is 54.5 Å². The van der Waals surface area contributed by atoms with E-state index in [9.17, 15) is 0 Å². The molecule has 0 N–H and O–H groups in total. The molecular formula is C5H10BrP. The van der Waals surface area contributed by atoms with Crippen LogP contribution in [0.5, 0.6) is 0 Å². The lowest BCUT2D eigenvalue weighted by molar-refractivity contribution is 1.23. The van der Waals surface area contributed by atoms with E-state index in [1.54, 1.807) is 0 Å². The molecule has 0 aliphatic carbocycles. The second-order valence-corrected chi connectivity index (χ2v) is 6.02. The van der Waals surface area contributed by atoms with Gasteiger partial charge in [0.1, 0.15) is 0 Å². The van der Waals surface area contributed by atoms with Crippen molar-refractivity contribution in [3.8, 4) is 0 Å². The highest BCUT2D eigenvalue weighted by molar-refractivity contribution is 9.39. The molecule has 0 aromatic rings. The molecule has 0 fully saturated rings. The molecule has 0 rings (SSSR count). The first-order chi connectivity index (χ1) is 3.27. The molecule has 0 aliphatic rings. The van der Waals surface area contributed by atoms with Gasteiger partial charge in [-0.15, -0.1) is 0 Å². The molecule has 1 unspecified atom stereocenters. The second-order valence-electron chi connectivity index (χ2n) is 1.32. The highest BCUT2D eigenvalue weighted by Crippen LogP contribution is 2.40. The summed E-state index contributed by atoms with van der Waals surface area (Å²) in [5.41, 5.74) is 0. The molecule has 42 valence electrons. The van der Waals surface area contributed by atoms with Gasteiger partial charge < -0.3 is 0 Å². The predicted molar refractivity (Wildman–Crippen MR) is 41.2 cm³/mol. The smallest absolute Gasteiger partial charge is 0.0154 e. The van der Waals surface area contributed by atoms with Crippen molar-refractivity contribution in [1.29, 1.82) is 0 Å². The summed E-state index contributed by atoms with van der Waals surface area (Å²) in [6.07, 6.45) is 3.33. The van der Waals surface area contributed by atoms with Crippen LogP contribution in [0.25, 0.3) is 0 Å². The fraction of sp³-hybridized carbons (Fsp3) is 0.600. The van der Waals surface area contributed by atoms with Gasteiger partial charge in [0.2, 0.25) is 0 Å². The van der Waals surface area contributed by atoms with Gasteiger partial charge in [-0.3, -0.25) is 0 Å². The van der Waals surface area contributed by atoms with Crippen molar-refractivity contribution in [2.45, 2.75) is 13.3 Å². The topological polar surface area (TPSA) is 0 Å². The molecule has 0 radical (unpaired) electrons. The van der Waals surface area contributed by atoms with Crippen molar-refractivity contribution < 1.29 is 0 Å². The number of halogens is 1. The third kappa shape index (κ3) is 6.65. The van der Waals surface area contributed by atoms with E-state index in [0.717, 1.165) is 6.42 Å². The quantitative estimate of drug-likeness (QED) is 0.573. The highest BCUT2D eigenvalue weighted by Gasteiger charge is 1.80. The Hall–Kier alpha value is 0.650. The molecule has 0 nitrogen and oxygen atoms in total. The van der Waals surface area contributed by atoms with Gasteiger partial charge in [0.15, 0.2) is 0 Å². The number of allylic oxidation sites excluding steroid dienone is 1. The maximum absolute atomic E-state index is 3.45. The summed E-state index contributed by atoms with van der Waals surface area (Å²) >= 11 is 3.45. The Morgan fingerprint density at radius 1 is 1.71 bits per heavy atom. The van der Waals surface area contributed by atoms with Gasteiger partial charge in [0.25, 0.3) is 0 Å². The van der Waals surface area contributed by atoms with Gasteiger partial charge in [-0.25, -0.2) is 0 Å². The summed E-state index contributed by atoms with van der Waals surface area (Å²) in [4.78, 5) is 0. The van der Waals surface area contributed by atoms with Crippen molar-refractivity contribution in [1.82, 2.24) is 0 Å². The largest absolute Gasteiger partial charge is 0.0835 e.